The molecule has 0 spiro atoms. The van der Waals surface area contributed by atoms with Gasteiger partial charge in [-0.1, -0.05) is 29.8 Å². The molecule has 0 saturated heterocycles. The van der Waals surface area contributed by atoms with Crippen LogP contribution in [0.4, 0.5) is 5.69 Å². The monoisotopic (exact) mass is 279 g/mol. The van der Waals surface area contributed by atoms with E-state index in [1.165, 1.54) is 6.20 Å². The van der Waals surface area contributed by atoms with Gasteiger partial charge in [0.25, 0.3) is 5.56 Å². The largest absolute Gasteiger partial charge is 0.491 e. The highest BCUT2D eigenvalue weighted by atomic mass is 35.5. The number of para-hydroxylation sites is 1. The fraction of sp³-hybridized carbons (Fsp3) is 0.231. The lowest BCUT2D eigenvalue weighted by molar-refractivity contribution is 0.330. The van der Waals surface area contributed by atoms with Gasteiger partial charge < -0.3 is 10.1 Å². The number of aromatic nitrogens is 2. The fourth-order valence-electron chi connectivity index (χ4n) is 1.57. The highest BCUT2D eigenvalue weighted by Gasteiger charge is 2.04. The van der Waals surface area contributed by atoms with Crippen molar-refractivity contribution in [3.8, 4) is 5.75 Å². The second-order valence-electron chi connectivity index (χ2n) is 3.97. The molecule has 6 heteroatoms. The summed E-state index contributed by atoms with van der Waals surface area (Å²) in [7, 11) is 0. The van der Waals surface area contributed by atoms with Gasteiger partial charge >= 0.3 is 0 Å². The van der Waals surface area contributed by atoms with Crippen LogP contribution >= 0.6 is 11.6 Å². The number of aromatic amines is 1. The standard InChI is InChI=1S/C13H14ClN3O2/c1-9-4-2-3-5-11(9)19-7-6-15-10-8-16-17-13(18)12(10)14/h2-5,8H,6-7H2,1H3,(H2,15,17,18). The van der Waals surface area contributed by atoms with E-state index in [-0.39, 0.29) is 5.02 Å². The van der Waals surface area contributed by atoms with Crippen LogP contribution < -0.4 is 15.6 Å². The highest BCUT2D eigenvalue weighted by molar-refractivity contribution is 6.32. The maximum absolute atomic E-state index is 11.2. The van der Waals surface area contributed by atoms with Crippen molar-refractivity contribution in [1.29, 1.82) is 0 Å². The van der Waals surface area contributed by atoms with E-state index in [4.69, 9.17) is 16.3 Å². The zero-order valence-electron chi connectivity index (χ0n) is 10.4. The Hall–Kier alpha value is -2.01. The third kappa shape index (κ3) is 3.48. The molecule has 0 atom stereocenters. The molecule has 5 nitrogen and oxygen atoms in total. The van der Waals surface area contributed by atoms with Crippen molar-refractivity contribution in [2.24, 2.45) is 0 Å². The van der Waals surface area contributed by atoms with Crippen molar-refractivity contribution in [3.63, 3.8) is 0 Å². The molecule has 0 aliphatic heterocycles. The van der Waals surface area contributed by atoms with Gasteiger partial charge in [0.1, 0.15) is 17.4 Å². The first-order chi connectivity index (χ1) is 9.18. The Labute approximate surface area is 115 Å². The summed E-state index contributed by atoms with van der Waals surface area (Å²) < 4.78 is 5.62. The van der Waals surface area contributed by atoms with E-state index in [9.17, 15) is 4.79 Å². The zero-order valence-corrected chi connectivity index (χ0v) is 11.2. The molecule has 0 radical (unpaired) electrons. The number of H-pyrrole nitrogens is 1. The minimum Gasteiger partial charge on any atom is -0.491 e. The Bertz CT molecular complexity index is 613. The number of anilines is 1. The number of aryl methyl sites for hydroxylation is 1. The van der Waals surface area contributed by atoms with E-state index >= 15 is 0 Å². The molecule has 100 valence electrons. The van der Waals surface area contributed by atoms with Crippen molar-refractivity contribution < 1.29 is 4.74 Å². The van der Waals surface area contributed by atoms with E-state index in [1.807, 2.05) is 31.2 Å². The van der Waals surface area contributed by atoms with E-state index in [0.717, 1.165) is 11.3 Å². The SMILES string of the molecule is Cc1ccccc1OCCNc1cn[nH]c(=O)c1Cl. The first-order valence-electron chi connectivity index (χ1n) is 5.84. The van der Waals surface area contributed by atoms with Gasteiger partial charge in [-0.2, -0.15) is 5.10 Å². The van der Waals surface area contributed by atoms with Crippen LogP contribution in [0.25, 0.3) is 0 Å². The highest BCUT2D eigenvalue weighted by Crippen LogP contribution is 2.16. The Morgan fingerprint density at radius 2 is 2.21 bits per heavy atom. The van der Waals surface area contributed by atoms with Crippen molar-refractivity contribution in [2.75, 3.05) is 18.5 Å². The van der Waals surface area contributed by atoms with Gasteiger partial charge in [0.2, 0.25) is 0 Å². The zero-order chi connectivity index (χ0) is 13.7. The molecule has 1 aromatic carbocycles. The van der Waals surface area contributed by atoms with E-state index in [1.54, 1.807) is 0 Å². The molecule has 0 fully saturated rings. The van der Waals surface area contributed by atoms with Gasteiger partial charge in [0.15, 0.2) is 0 Å². The first kappa shape index (κ1) is 13.4. The lowest BCUT2D eigenvalue weighted by Gasteiger charge is -2.10. The molecular formula is C13H14ClN3O2. The number of rotatable bonds is 5. The maximum Gasteiger partial charge on any atom is 0.285 e. The number of hydrogen-bond acceptors (Lipinski definition) is 4. The van der Waals surface area contributed by atoms with E-state index in [2.05, 4.69) is 15.5 Å². The summed E-state index contributed by atoms with van der Waals surface area (Å²) in [6.07, 6.45) is 1.47. The number of halogens is 1. The van der Waals surface area contributed by atoms with Gasteiger partial charge in [-0.15, -0.1) is 0 Å². The summed E-state index contributed by atoms with van der Waals surface area (Å²) in [5.74, 6) is 0.847. The Morgan fingerprint density at radius 1 is 1.42 bits per heavy atom. The minimum atomic E-state index is -0.411. The van der Waals surface area contributed by atoms with Crippen molar-refractivity contribution in [1.82, 2.24) is 10.2 Å². The third-order valence-electron chi connectivity index (χ3n) is 2.56. The molecule has 1 aromatic heterocycles. The second-order valence-corrected chi connectivity index (χ2v) is 4.35. The summed E-state index contributed by atoms with van der Waals surface area (Å²) in [6, 6.07) is 7.78. The summed E-state index contributed by atoms with van der Waals surface area (Å²) in [5, 5.41) is 9.03. The molecule has 2 aromatic rings. The quantitative estimate of drug-likeness (QED) is 0.824. The lowest BCUT2D eigenvalue weighted by Crippen LogP contribution is -2.16. The minimum absolute atomic E-state index is 0.103. The average molecular weight is 280 g/mol. The van der Waals surface area contributed by atoms with E-state index < -0.39 is 5.56 Å². The van der Waals surface area contributed by atoms with Gasteiger partial charge in [-0.05, 0) is 18.6 Å². The van der Waals surface area contributed by atoms with Crippen LogP contribution in [-0.4, -0.2) is 23.3 Å². The molecule has 0 saturated carbocycles. The third-order valence-corrected chi connectivity index (χ3v) is 2.94. The summed E-state index contributed by atoms with van der Waals surface area (Å²) in [6.45, 7) is 2.98. The van der Waals surface area contributed by atoms with Crippen molar-refractivity contribution in [2.45, 2.75) is 6.92 Å². The molecule has 1 heterocycles. The predicted molar refractivity (Wildman–Crippen MR) is 75.0 cm³/mol. The maximum atomic E-state index is 11.2. The molecular weight excluding hydrogens is 266 g/mol. The topological polar surface area (TPSA) is 67.0 Å². The molecule has 0 bridgehead atoms. The smallest absolute Gasteiger partial charge is 0.285 e. The van der Waals surface area contributed by atoms with Gasteiger partial charge in [0, 0.05) is 6.54 Å². The second kappa shape index (κ2) is 6.24. The number of nitrogens with one attached hydrogen (secondary N) is 2. The van der Waals surface area contributed by atoms with Crippen LogP contribution in [-0.2, 0) is 0 Å². The molecule has 0 aliphatic rings. The van der Waals surface area contributed by atoms with E-state index in [0.29, 0.717) is 18.8 Å². The number of nitrogens with zero attached hydrogens (tertiary/aromatic N) is 1. The van der Waals surface area contributed by atoms with Gasteiger partial charge in [-0.25, -0.2) is 5.10 Å². The summed E-state index contributed by atoms with van der Waals surface area (Å²) in [4.78, 5) is 11.2. The van der Waals surface area contributed by atoms with Gasteiger partial charge in [0.05, 0.1) is 11.9 Å². The van der Waals surface area contributed by atoms with Crippen LogP contribution in [0, 0.1) is 6.92 Å². The Morgan fingerprint density at radius 3 is 3.00 bits per heavy atom. The normalized spacial score (nSPS) is 10.2. The van der Waals surface area contributed by atoms with Crippen molar-refractivity contribution >= 4 is 17.3 Å². The van der Waals surface area contributed by atoms with Crippen LogP contribution in [0.5, 0.6) is 5.75 Å². The average Bonchev–Trinajstić information content (AvgIpc) is 2.41. The molecule has 2 N–H and O–H groups in total. The molecule has 0 unspecified atom stereocenters. The van der Waals surface area contributed by atoms with Crippen LogP contribution in [0.15, 0.2) is 35.3 Å². The predicted octanol–water partition coefficient (Wildman–Crippen LogP) is 2.22. The first-order valence-corrected chi connectivity index (χ1v) is 6.22. The lowest BCUT2D eigenvalue weighted by atomic mass is 10.2. The Kier molecular flexibility index (Phi) is 4.41. The summed E-state index contributed by atoms with van der Waals surface area (Å²) >= 11 is 5.83. The summed E-state index contributed by atoms with van der Waals surface area (Å²) in [5.41, 5.74) is 1.17. The van der Waals surface area contributed by atoms with Crippen LogP contribution in [0.1, 0.15) is 5.56 Å². The fourth-order valence-corrected chi connectivity index (χ4v) is 1.73. The van der Waals surface area contributed by atoms with Crippen LogP contribution in [0.2, 0.25) is 5.02 Å². The number of ether oxygens (including phenoxy) is 1. The molecule has 2 rings (SSSR count). The van der Waals surface area contributed by atoms with Crippen molar-refractivity contribution in [3.05, 3.63) is 51.4 Å². The number of benzene rings is 1. The Balaban J connectivity index is 1.86. The molecule has 0 amide bonds. The molecule has 0 aliphatic carbocycles. The van der Waals surface area contributed by atoms with Crippen LogP contribution in [0.3, 0.4) is 0 Å². The molecule has 19 heavy (non-hydrogen) atoms. The number of hydrogen-bond donors (Lipinski definition) is 2. The van der Waals surface area contributed by atoms with Gasteiger partial charge in [-0.3, -0.25) is 4.79 Å².